The Balaban J connectivity index is 1.18. The van der Waals surface area contributed by atoms with Crippen LogP contribution in [-0.2, 0) is 0 Å². The molecule has 0 N–H and O–H groups in total. The minimum Gasteiger partial charge on any atom is -0.456 e. The Bertz CT molecular complexity index is 5490. The van der Waals surface area contributed by atoms with Gasteiger partial charge in [-0.05, 0) is 72.7 Å². The van der Waals surface area contributed by atoms with Gasteiger partial charge in [0.15, 0.2) is 5.82 Å². The molecule has 0 aliphatic heterocycles. The van der Waals surface area contributed by atoms with Crippen molar-refractivity contribution < 1.29 is 26.3 Å². The molecule has 330 valence electrons. The molecule has 0 aliphatic carbocycles. The molecule has 0 saturated carbocycles. The summed E-state index contributed by atoms with van der Waals surface area (Å²) in [6.45, 7) is 0. The molecular weight excluding hydrogens is 871 g/mol. The first-order valence-electron chi connectivity index (χ1n) is 30.6. The van der Waals surface area contributed by atoms with E-state index >= 15 is 0 Å². The molecule has 0 unspecified atom stereocenters. The predicted molar refractivity (Wildman–Crippen MR) is 290 cm³/mol. The van der Waals surface area contributed by atoms with Gasteiger partial charge >= 0.3 is 0 Å². The molecule has 0 amide bonds. The Hall–Kier alpha value is -9.79. The highest BCUT2D eigenvalue weighted by molar-refractivity contribution is 6.25. The fourth-order valence-electron chi connectivity index (χ4n) is 10.7. The standard InChI is InChI=1S/C63H37N7O/c1-9-26-47-38(18-1)39-19-2-10-27-48(39)67(47)54-33-17-34-55(68-49-28-11-7-24-44(49)45-36-37-57-58(60(45)68)46-25-8-16-35-56(46)71-57)59(54)61-64-62(69-50-29-12-3-20-40(50)41-21-4-13-30-51(41)69)66-63(65-61)70-52-31-14-5-22-42(52)43-23-6-15-32-53(43)70/h1-37H/i3D,4D,5D,6D,12D,13D,14D,15D,20D,21D,22D,23D,29D,30D,31D,32D. The highest BCUT2D eigenvalue weighted by Crippen LogP contribution is 2.45. The first-order valence-corrected chi connectivity index (χ1v) is 22.6. The quantitative estimate of drug-likeness (QED) is 0.172. The molecule has 6 aromatic heterocycles. The maximum Gasteiger partial charge on any atom is 0.240 e. The normalized spacial score (nSPS) is 15.4. The summed E-state index contributed by atoms with van der Waals surface area (Å²) in [7, 11) is 0. The largest absolute Gasteiger partial charge is 0.456 e. The summed E-state index contributed by atoms with van der Waals surface area (Å²) in [5.41, 5.74) is 3.90. The molecule has 0 atom stereocenters. The van der Waals surface area contributed by atoms with E-state index in [1.807, 2.05) is 132 Å². The number of furan rings is 1. The summed E-state index contributed by atoms with van der Waals surface area (Å²) in [5, 5.41) is 3.88. The van der Waals surface area contributed by atoms with Crippen LogP contribution in [0.5, 0.6) is 0 Å². The molecule has 16 aromatic rings. The van der Waals surface area contributed by atoms with E-state index in [1.54, 1.807) is 0 Å². The molecule has 71 heavy (non-hydrogen) atoms. The van der Waals surface area contributed by atoms with Crippen molar-refractivity contribution in [3.05, 3.63) is 224 Å². The Kier molecular flexibility index (Phi) is 5.28. The van der Waals surface area contributed by atoms with Crippen LogP contribution in [-0.4, -0.2) is 33.2 Å². The van der Waals surface area contributed by atoms with Crippen molar-refractivity contribution >= 4 is 109 Å². The van der Waals surface area contributed by atoms with Crippen molar-refractivity contribution in [1.29, 1.82) is 0 Å². The van der Waals surface area contributed by atoms with Gasteiger partial charge in [-0.3, -0.25) is 9.13 Å². The molecule has 8 heteroatoms. The topological polar surface area (TPSA) is 71.5 Å². The minimum atomic E-state index is -0.723. The molecule has 6 heterocycles. The van der Waals surface area contributed by atoms with Crippen LogP contribution in [0.15, 0.2) is 228 Å². The van der Waals surface area contributed by atoms with Gasteiger partial charge in [0.05, 0.1) is 88.4 Å². The Labute approximate surface area is 426 Å². The Morgan fingerprint density at radius 3 is 1.30 bits per heavy atom. The molecule has 0 bridgehead atoms. The zero-order valence-electron chi connectivity index (χ0n) is 52.7. The number of aromatic nitrogens is 7. The fraction of sp³-hybridized carbons (Fsp3) is 0. The third kappa shape index (κ3) is 5.25. The van der Waals surface area contributed by atoms with Crippen LogP contribution in [0.4, 0.5) is 0 Å². The van der Waals surface area contributed by atoms with Gasteiger partial charge in [0, 0.05) is 48.5 Å². The zero-order valence-corrected chi connectivity index (χ0v) is 36.7. The SMILES string of the molecule is [2H]c1c([2H])c([2H])c2c(c1[2H])c1c([2H])c([2H])c([2H])c([2H])c1n2-c1nc(-c2c(-n3c4ccccc4c4ccccc43)cccc2-n2c3ccccc3c3ccc4oc5ccccc5c4c32)nc(-n2c3c([2H])c([2H])c([2H])c([2H])c3c3c([2H])c([2H])c([2H])c([2H])c32)n1. The molecule has 0 radical (unpaired) electrons. The van der Waals surface area contributed by atoms with E-state index in [9.17, 15) is 11.0 Å². The third-order valence-corrected chi connectivity index (χ3v) is 13.6. The molecule has 8 nitrogen and oxygen atoms in total. The number of rotatable bonds is 5. The number of hydrogen-bond donors (Lipinski definition) is 0. The van der Waals surface area contributed by atoms with E-state index in [0.717, 1.165) is 63.5 Å². The summed E-state index contributed by atoms with van der Waals surface area (Å²) in [4.78, 5) is 15.7. The lowest BCUT2D eigenvalue weighted by Crippen LogP contribution is -2.12. The Morgan fingerprint density at radius 2 is 0.761 bits per heavy atom. The monoisotopic (exact) mass is 923 g/mol. The summed E-state index contributed by atoms with van der Waals surface area (Å²) in [5.74, 6) is -1.25. The van der Waals surface area contributed by atoms with E-state index in [-0.39, 0.29) is 55.0 Å². The van der Waals surface area contributed by atoms with Crippen LogP contribution in [0.3, 0.4) is 0 Å². The van der Waals surface area contributed by atoms with Crippen molar-refractivity contribution in [1.82, 2.24) is 33.2 Å². The number of fused-ring (bicyclic) bond motifs is 16. The fourth-order valence-corrected chi connectivity index (χ4v) is 10.7. The summed E-state index contributed by atoms with van der Waals surface area (Å²) >= 11 is 0. The third-order valence-electron chi connectivity index (χ3n) is 13.6. The van der Waals surface area contributed by atoms with E-state index in [1.165, 1.54) is 0 Å². The Morgan fingerprint density at radius 1 is 0.324 bits per heavy atom. The summed E-state index contributed by atoms with van der Waals surface area (Å²) in [6.07, 6.45) is 0. The van der Waals surface area contributed by atoms with Gasteiger partial charge in [-0.2, -0.15) is 15.0 Å². The second kappa shape index (κ2) is 14.4. The van der Waals surface area contributed by atoms with Crippen LogP contribution in [0.2, 0.25) is 0 Å². The number of para-hydroxylation sites is 8. The van der Waals surface area contributed by atoms with E-state index < -0.39 is 109 Å². The van der Waals surface area contributed by atoms with E-state index in [4.69, 9.17) is 30.3 Å². The van der Waals surface area contributed by atoms with Crippen LogP contribution in [0.1, 0.15) is 21.9 Å². The maximum atomic E-state index is 9.60. The van der Waals surface area contributed by atoms with Crippen LogP contribution >= 0.6 is 0 Å². The average molecular weight is 924 g/mol. The van der Waals surface area contributed by atoms with Gasteiger partial charge in [-0.25, -0.2) is 0 Å². The lowest BCUT2D eigenvalue weighted by Gasteiger charge is -2.20. The molecule has 0 fully saturated rings. The van der Waals surface area contributed by atoms with Gasteiger partial charge in [0.1, 0.15) is 11.2 Å². The second-order valence-corrected chi connectivity index (χ2v) is 17.2. The van der Waals surface area contributed by atoms with Gasteiger partial charge < -0.3 is 13.6 Å². The number of hydrogen-bond acceptors (Lipinski definition) is 4. The van der Waals surface area contributed by atoms with Gasteiger partial charge in [-0.1, -0.05) is 151 Å². The van der Waals surface area contributed by atoms with Gasteiger partial charge in [-0.15, -0.1) is 0 Å². The smallest absolute Gasteiger partial charge is 0.240 e. The minimum absolute atomic E-state index is 0.217. The van der Waals surface area contributed by atoms with E-state index in [2.05, 4.69) is 4.57 Å². The maximum absolute atomic E-state index is 9.60. The van der Waals surface area contributed by atoms with Crippen molar-refractivity contribution in [3.63, 3.8) is 0 Å². The second-order valence-electron chi connectivity index (χ2n) is 17.2. The van der Waals surface area contributed by atoms with Crippen molar-refractivity contribution in [2.24, 2.45) is 0 Å². The first-order chi connectivity index (χ1) is 41.9. The number of nitrogens with zero attached hydrogens (tertiary/aromatic N) is 7. The summed E-state index contributed by atoms with van der Waals surface area (Å²) in [6, 6.07) is 29.8. The lowest BCUT2D eigenvalue weighted by molar-refractivity contribution is 0.669. The van der Waals surface area contributed by atoms with Crippen LogP contribution in [0.25, 0.3) is 144 Å². The van der Waals surface area contributed by atoms with Crippen molar-refractivity contribution in [3.8, 4) is 34.7 Å². The van der Waals surface area contributed by atoms with Gasteiger partial charge in [0.25, 0.3) is 0 Å². The molecule has 0 saturated heterocycles. The van der Waals surface area contributed by atoms with Crippen LogP contribution < -0.4 is 0 Å². The van der Waals surface area contributed by atoms with Crippen LogP contribution in [0, 0.1) is 0 Å². The molecular formula is C63H37N7O. The molecule has 16 rings (SSSR count). The van der Waals surface area contributed by atoms with Gasteiger partial charge in [0.2, 0.25) is 11.9 Å². The van der Waals surface area contributed by atoms with Crippen molar-refractivity contribution in [2.45, 2.75) is 0 Å². The highest BCUT2D eigenvalue weighted by atomic mass is 16.3. The lowest BCUT2D eigenvalue weighted by atomic mass is 10.1. The predicted octanol–water partition coefficient (Wildman–Crippen LogP) is 15.8. The molecule has 0 aliphatic rings. The molecule has 0 spiro atoms. The number of benzene rings is 10. The first kappa shape index (κ1) is 26.1. The van der Waals surface area contributed by atoms with E-state index in [0.29, 0.717) is 22.5 Å². The average Bonchev–Trinajstić information content (AvgIpc) is 1.59. The zero-order chi connectivity index (χ0) is 60.2. The summed E-state index contributed by atoms with van der Waals surface area (Å²) < 4.78 is 160. The molecule has 10 aromatic carbocycles. The highest BCUT2D eigenvalue weighted by Gasteiger charge is 2.28. The van der Waals surface area contributed by atoms with Crippen molar-refractivity contribution in [2.75, 3.05) is 0 Å².